The fourth-order valence-electron chi connectivity index (χ4n) is 1.80. The van der Waals surface area contributed by atoms with E-state index >= 15 is 0 Å². The molecule has 1 atom stereocenters. The molecule has 1 N–H and O–H groups in total. The number of methoxy groups -OCH3 is 1. The van der Waals surface area contributed by atoms with E-state index in [1.54, 1.807) is 12.1 Å². The first-order valence-electron chi connectivity index (χ1n) is 5.60. The van der Waals surface area contributed by atoms with E-state index in [0.717, 1.165) is 8.95 Å². The molecule has 0 heterocycles. The van der Waals surface area contributed by atoms with Gasteiger partial charge in [0.15, 0.2) is 0 Å². The van der Waals surface area contributed by atoms with Crippen LogP contribution < -0.4 is 4.74 Å². The molecule has 2 nitrogen and oxygen atoms in total. The topological polar surface area (TPSA) is 29.5 Å². The third kappa shape index (κ3) is 3.31. The zero-order valence-corrected chi connectivity index (χ0v) is 15.0. The average molecular weight is 441 g/mol. The summed E-state index contributed by atoms with van der Waals surface area (Å²) in [4.78, 5) is 0. The van der Waals surface area contributed by atoms with E-state index in [2.05, 4.69) is 31.9 Å². The second-order valence-corrected chi connectivity index (χ2v) is 6.66. The minimum atomic E-state index is -0.881. The van der Waals surface area contributed by atoms with Crippen molar-refractivity contribution in [2.45, 2.75) is 6.10 Å². The molecule has 0 spiro atoms. The van der Waals surface area contributed by atoms with Crippen molar-refractivity contribution in [3.8, 4) is 5.75 Å². The summed E-state index contributed by atoms with van der Waals surface area (Å²) in [6, 6.07) is 8.73. The van der Waals surface area contributed by atoms with Gasteiger partial charge in [-0.05, 0) is 23.8 Å². The lowest BCUT2D eigenvalue weighted by Gasteiger charge is -2.16. The Labute approximate surface area is 143 Å². The van der Waals surface area contributed by atoms with E-state index < -0.39 is 6.10 Å². The van der Waals surface area contributed by atoms with Gasteiger partial charge >= 0.3 is 0 Å². The normalized spacial score (nSPS) is 12.3. The second-order valence-electron chi connectivity index (χ2n) is 4.08. The van der Waals surface area contributed by atoms with Gasteiger partial charge in [0.05, 0.1) is 17.2 Å². The highest BCUT2D eigenvalue weighted by Gasteiger charge is 2.19. The molecular weight excluding hydrogens is 431 g/mol. The third-order valence-corrected chi connectivity index (χ3v) is 4.63. The van der Waals surface area contributed by atoms with Crippen molar-refractivity contribution in [2.75, 3.05) is 7.11 Å². The molecule has 0 saturated carbocycles. The summed E-state index contributed by atoms with van der Waals surface area (Å²) in [5.41, 5.74) is 1.23. The van der Waals surface area contributed by atoms with Crippen molar-refractivity contribution in [2.24, 2.45) is 0 Å². The smallest absolute Gasteiger partial charge is 0.138 e. The Hall–Kier alpha value is -0.260. The summed E-state index contributed by atoms with van der Waals surface area (Å²) in [6.07, 6.45) is -0.881. The lowest BCUT2D eigenvalue weighted by Crippen LogP contribution is -2.02. The molecule has 2 rings (SSSR count). The Bertz CT molecular complexity index is 647. The van der Waals surface area contributed by atoms with E-state index in [1.807, 2.05) is 18.2 Å². The maximum Gasteiger partial charge on any atom is 0.138 e. The van der Waals surface area contributed by atoms with Gasteiger partial charge in [0.25, 0.3) is 0 Å². The van der Waals surface area contributed by atoms with Crippen molar-refractivity contribution < 1.29 is 9.84 Å². The number of ether oxygens (including phenoxy) is 1. The van der Waals surface area contributed by atoms with Crippen LogP contribution >= 0.6 is 55.1 Å². The number of benzene rings is 2. The number of hydrogen-bond acceptors (Lipinski definition) is 2. The molecule has 106 valence electrons. The van der Waals surface area contributed by atoms with Gasteiger partial charge in [0.1, 0.15) is 11.9 Å². The maximum absolute atomic E-state index is 10.5. The van der Waals surface area contributed by atoms with E-state index in [0.29, 0.717) is 26.9 Å². The van der Waals surface area contributed by atoms with Crippen molar-refractivity contribution in [1.82, 2.24) is 0 Å². The molecule has 1 unspecified atom stereocenters. The molecule has 0 radical (unpaired) electrons. The largest absolute Gasteiger partial charge is 0.495 e. The molecule has 2 aromatic rings. The highest BCUT2D eigenvalue weighted by Crippen LogP contribution is 2.38. The van der Waals surface area contributed by atoms with Gasteiger partial charge in [-0.2, -0.15) is 0 Å². The van der Waals surface area contributed by atoms with Crippen LogP contribution in [-0.2, 0) is 0 Å². The van der Waals surface area contributed by atoms with Crippen LogP contribution in [-0.4, -0.2) is 12.2 Å². The summed E-state index contributed by atoms with van der Waals surface area (Å²) in [5.74, 6) is 0.475. The SMILES string of the molecule is COc1cc(Cl)c(C(O)c2ccc(Br)cc2Br)cc1Cl. The molecule has 0 aliphatic carbocycles. The predicted molar refractivity (Wildman–Crippen MR) is 88.9 cm³/mol. The second kappa shape index (κ2) is 6.67. The standard InChI is InChI=1S/C14H10Br2Cl2O2/c1-20-13-6-11(17)9(5-12(13)18)14(19)8-3-2-7(15)4-10(8)16/h2-6,14,19H,1H3. The molecular formula is C14H10Br2Cl2O2. The Morgan fingerprint density at radius 1 is 1.05 bits per heavy atom. The van der Waals surface area contributed by atoms with Gasteiger partial charge in [-0.1, -0.05) is 61.1 Å². The molecule has 6 heteroatoms. The molecule has 0 saturated heterocycles. The van der Waals surface area contributed by atoms with E-state index in [9.17, 15) is 5.11 Å². The Balaban J connectivity index is 2.48. The highest BCUT2D eigenvalue weighted by molar-refractivity contribution is 9.11. The molecule has 0 aliphatic rings. The number of aliphatic hydroxyl groups is 1. The van der Waals surface area contributed by atoms with Crippen LogP contribution in [0.4, 0.5) is 0 Å². The number of aliphatic hydroxyl groups excluding tert-OH is 1. The van der Waals surface area contributed by atoms with Crippen LogP contribution in [0.1, 0.15) is 17.2 Å². The molecule has 0 amide bonds. The quantitative estimate of drug-likeness (QED) is 0.672. The van der Waals surface area contributed by atoms with Crippen LogP contribution in [0.5, 0.6) is 5.75 Å². The first-order chi connectivity index (χ1) is 9.43. The summed E-state index contributed by atoms with van der Waals surface area (Å²) >= 11 is 19.1. The van der Waals surface area contributed by atoms with Crippen molar-refractivity contribution in [1.29, 1.82) is 0 Å². The van der Waals surface area contributed by atoms with Gasteiger partial charge in [-0.15, -0.1) is 0 Å². The molecule has 20 heavy (non-hydrogen) atoms. The van der Waals surface area contributed by atoms with Crippen LogP contribution in [0, 0.1) is 0 Å². The molecule has 0 aliphatic heterocycles. The molecule has 0 aromatic heterocycles. The summed E-state index contributed by atoms with van der Waals surface area (Å²) in [6.45, 7) is 0. The highest BCUT2D eigenvalue weighted by atomic mass is 79.9. The van der Waals surface area contributed by atoms with Crippen LogP contribution in [0.15, 0.2) is 39.3 Å². The Kier molecular flexibility index (Phi) is 5.37. The number of rotatable bonds is 3. The summed E-state index contributed by atoms with van der Waals surface area (Å²) < 4.78 is 6.79. The number of hydrogen-bond donors (Lipinski definition) is 1. The maximum atomic E-state index is 10.5. The van der Waals surface area contributed by atoms with Gasteiger partial charge in [-0.3, -0.25) is 0 Å². The van der Waals surface area contributed by atoms with Crippen LogP contribution in [0.25, 0.3) is 0 Å². The average Bonchev–Trinajstić information content (AvgIpc) is 2.40. The zero-order valence-electron chi connectivity index (χ0n) is 10.3. The van der Waals surface area contributed by atoms with Crippen molar-refractivity contribution in [3.05, 3.63) is 60.4 Å². The lowest BCUT2D eigenvalue weighted by molar-refractivity contribution is 0.219. The fraction of sp³-hybridized carbons (Fsp3) is 0.143. The summed E-state index contributed by atoms with van der Waals surface area (Å²) in [7, 11) is 1.51. The van der Waals surface area contributed by atoms with Gasteiger partial charge in [0, 0.05) is 20.6 Å². The minimum absolute atomic E-state index is 0.397. The van der Waals surface area contributed by atoms with Gasteiger partial charge < -0.3 is 9.84 Å². The zero-order chi connectivity index (χ0) is 14.9. The van der Waals surface area contributed by atoms with E-state index in [1.165, 1.54) is 7.11 Å². The van der Waals surface area contributed by atoms with Gasteiger partial charge in [0.2, 0.25) is 0 Å². The Morgan fingerprint density at radius 3 is 2.35 bits per heavy atom. The van der Waals surface area contributed by atoms with E-state index in [4.69, 9.17) is 27.9 Å². The molecule has 0 bridgehead atoms. The molecule has 2 aromatic carbocycles. The van der Waals surface area contributed by atoms with Gasteiger partial charge in [-0.25, -0.2) is 0 Å². The van der Waals surface area contributed by atoms with Crippen LogP contribution in [0.3, 0.4) is 0 Å². The monoisotopic (exact) mass is 438 g/mol. The van der Waals surface area contributed by atoms with Crippen molar-refractivity contribution in [3.63, 3.8) is 0 Å². The van der Waals surface area contributed by atoms with Crippen molar-refractivity contribution >= 4 is 55.1 Å². The van der Waals surface area contributed by atoms with Crippen LogP contribution in [0.2, 0.25) is 10.0 Å². The third-order valence-electron chi connectivity index (χ3n) is 2.82. The lowest BCUT2D eigenvalue weighted by atomic mass is 10.0. The van der Waals surface area contributed by atoms with E-state index in [-0.39, 0.29) is 0 Å². The summed E-state index contributed by atoms with van der Waals surface area (Å²) in [5, 5.41) is 11.3. The first-order valence-corrected chi connectivity index (χ1v) is 7.94. The minimum Gasteiger partial charge on any atom is -0.495 e. The fourth-order valence-corrected chi connectivity index (χ4v) is 3.57. The number of halogens is 4. The first kappa shape index (κ1) is 16.1. The predicted octanol–water partition coefficient (Wildman–Crippen LogP) is 5.61. The Morgan fingerprint density at radius 2 is 1.75 bits per heavy atom. The molecule has 0 fully saturated rings.